The number of fused-ring (bicyclic) bond motifs is 4. The molecule has 8 nitrogen and oxygen atoms in total. The van der Waals surface area contributed by atoms with Gasteiger partial charge in [0.2, 0.25) is 0 Å². The van der Waals surface area contributed by atoms with Gasteiger partial charge in [0.15, 0.2) is 5.82 Å². The second-order valence-electron chi connectivity index (χ2n) is 13.1. The largest absolute Gasteiger partial charge is 0.461 e. The molecular formula is C31H36ClF2N7O. The summed E-state index contributed by atoms with van der Waals surface area (Å²) in [7, 11) is 0. The topological polar surface area (TPSA) is 92.4 Å². The van der Waals surface area contributed by atoms with Crippen molar-refractivity contribution in [1.29, 1.82) is 0 Å². The summed E-state index contributed by atoms with van der Waals surface area (Å²) in [6.45, 7) is 5.07. The van der Waals surface area contributed by atoms with Gasteiger partial charge in [0.1, 0.15) is 29.9 Å². The van der Waals surface area contributed by atoms with Crippen molar-refractivity contribution in [3.63, 3.8) is 0 Å². The molecule has 0 radical (unpaired) electrons. The molecule has 11 heteroatoms. The minimum Gasteiger partial charge on any atom is -0.461 e. The predicted molar refractivity (Wildman–Crippen MR) is 160 cm³/mol. The van der Waals surface area contributed by atoms with Crippen LogP contribution in [0.2, 0.25) is 5.02 Å². The van der Waals surface area contributed by atoms with Gasteiger partial charge >= 0.3 is 6.01 Å². The molecule has 3 aromatic rings. The number of aryl methyl sites for hydroxylation is 1. The van der Waals surface area contributed by atoms with Crippen LogP contribution in [0.3, 0.4) is 0 Å². The number of alkyl halides is 1. The number of hydrogen-bond donors (Lipinski definition) is 2. The highest BCUT2D eigenvalue weighted by molar-refractivity contribution is 6.34. The molecule has 1 aliphatic carbocycles. The summed E-state index contributed by atoms with van der Waals surface area (Å²) in [5, 5.41) is 4.46. The number of nitrogens with two attached hydrogens (primary N) is 1. The number of rotatable bonds is 6. The fraction of sp³-hybridized carbons (Fsp3) is 0.581. The first-order valence-electron chi connectivity index (χ1n) is 15.3. The Hall–Kier alpha value is -2.82. The van der Waals surface area contributed by atoms with Gasteiger partial charge in [-0.3, -0.25) is 4.90 Å². The smallest absolute Gasteiger partial charge is 0.319 e. The molecule has 2 aromatic heterocycles. The van der Waals surface area contributed by atoms with Gasteiger partial charge in [0.25, 0.3) is 0 Å². The molecule has 2 unspecified atom stereocenters. The number of nitrogens with one attached hydrogen (secondary N) is 1. The first kappa shape index (κ1) is 26.8. The van der Waals surface area contributed by atoms with Crippen LogP contribution in [0.5, 0.6) is 6.01 Å². The quantitative estimate of drug-likeness (QED) is 0.404. The molecule has 8 rings (SSSR count). The molecule has 222 valence electrons. The number of hydrogen-bond acceptors (Lipinski definition) is 8. The van der Waals surface area contributed by atoms with Crippen LogP contribution in [0.4, 0.5) is 20.4 Å². The summed E-state index contributed by atoms with van der Waals surface area (Å²) < 4.78 is 37.6. The highest BCUT2D eigenvalue weighted by atomic mass is 35.5. The van der Waals surface area contributed by atoms with E-state index < -0.39 is 12.0 Å². The molecule has 1 saturated carbocycles. The van der Waals surface area contributed by atoms with Gasteiger partial charge in [0.05, 0.1) is 21.8 Å². The highest BCUT2D eigenvalue weighted by Gasteiger charge is 2.49. The minimum atomic E-state index is -0.865. The average molecular weight is 596 g/mol. The zero-order valence-electron chi connectivity index (χ0n) is 23.8. The molecule has 3 N–H and O–H groups in total. The van der Waals surface area contributed by atoms with E-state index in [-0.39, 0.29) is 34.3 Å². The van der Waals surface area contributed by atoms with Crippen molar-refractivity contribution in [1.82, 2.24) is 25.2 Å². The first-order valence-corrected chi connectivity index (χ1v) is 15.7. The minimum absolute atomic E-state index is 0.109. The van der Waals surface area contributed by atoms with E-state index in [1.165, 1.54) is 0 Å². The van der Waals surface area contributed by atoms with E-state index in [1.54, 1.807) is 6.07 Å². The van der Waals surface area contributed by atoms with Crippen LogP contribution in [-0.2, 0) is 0 Å². The van der Waals surface area contributed by atoms with Crippen molar-refractivity contribution < 1.29 is 13.5 Å². The number of piperazine rings is 1. The van der Waals surface area contributed by atoms with Crippen LogP contribution in [-0.4, -0.2) is 76.4 Å². The number of anilines is 2. The summed E-state index contributed by atoms with van der Waals surface area (Å²) in [6.07, 6.45) is 5.70. The normalized spacial score (nSPS) is 29.0. The summed E-state index contributed by atoms with van der Waals surface area (Å²) >= 11 is 6.91. The number of ether oxygens (including phenoxy) is 1. The molecule has 5 aliphatic rings. The Morgan fingerprint density at radius 3 is 2.67 bits per heavy atom. The number of pyridine rings is 1. The molecule has 6 heterocycles. The Morgan fingerprint density at radius 2 is 1.90 bits per heavy atom. The second-order valence-corrected chi connectivity index (χ2v) is 13.5. The summed E-state index contributed by atoms with van der Waals surface area (Å²) in [6, 6.07) is 4.43. The number of halogens is 3. The van der Waals surface area contributed by atoms with Crippen molar-refractivity contribution in [2.24, 2.45) is 0 Å². The van der Waals surface area contributed by atoms with Crippen molar-refractivity contribution >= 4 is 34.1 Å². The summed E-state index contributed by atoms with van der Waals surface area (Å²) in [5.74, 6) is 0.716. The fourth-order valence-electron chi connectivity index (χ4n) is 8.09. The SMILES string of the molecule is Cc1cc(N)nc(-c2c(Cl)cc3c(N4CC5CCC(C4)N5)nc(OC[C@@]45CCCN4C[C@H](F)C5)nc3c2F)c1C1CC1. The molecule has 2 bridgehead atoms. The lowest BCUT2D eigenvalue weighted by Crippen LogP contribution is -2.51. The van der Waals surface area contributed by atoms with E-state index in [0.29, 0.717) is 53.7 Å². The lowest BCUT2D eigenvalue weighted by atomic mass is 9.95. The molecule has 4 aliphatic heterocycles. The van der Waals surface area contributed by atoms with E-state index in [9.17, 15) is 4.39 Å². The standard InChI is InChI=1S/C31H36ClF2N7O/c1-16-9-23(35)37-28(24(16)17-3-4-17)25-22(32)10-21-27(26(25)34)38-30(39-29(21)40-13-19-5-6-20(14-40)36-19)42-15-31-7-2-8-41(31)12-18(33)11-31/h9-10,17-20,36H,2-8,11-15H2,1H3,(H2,35,37)/t18-,19?,20?,31+/m1/s1. The van der Waals surface area contributed by atoms with Gasteiger partial charge in [-0.05, 0) is 81.2 Å². The third kappa shape index (κ3) is 4.40. The summed E-state index contributed by atoms with van der Waals surface area (Å²) in [4.78, 5) is 18.5. The van der Waals surface area contributed by atoms with E-state index in [2.05, 4.69) is 25.1 Å². The van der Waals surface area contributed by atoms with Crippen LogP contribution >= 0.6 is 11.6 Å². The maximum atomic E-state index is 16.8. The van der Waals surface area contributed by atoms with Crippen LogP contribution in [0.25, 0.3) is 22.2 Å². The Balaban J connectivity index is 1.26. The third-order valence-corrected chi connectivity index (χ3v) is 10.4. The van der Waals surface area contributed by atoms with E-state index in [4.69, 9.17) is 27.1 Å². The molecule has 0 spiro atoms. The lowest BCUT2D eigenvalue weighted by molar-refractivity contribution is 0.107. The summed E-state index contributed by atoms with van der Waals surface area (Å²) in [5.41, 5.74) is 8.64. The number of benzene rings is 1. The zero-order valence-corrected chi connectivity index (χ0v) is 24.6. The Kier molecular flexibility index (Phi) is 6.28. The highest BCUT2D eigenvalue weighted by Crippen LogP contribution is 2.49. The lowest BCUT2D eigenvalue weighted by Gasteiger charge is -2.34. The van der Waals surface area contributed by atoms with Crippen LogP contribution in [0.15, 0.2) is 12.1 Å². The maximum absolute atomic E-state index is 16.8. The van der Waals surface area contributed by atoms with Crippen LogP contribution in [0.1, 0.15) is 62.0 Å². The number of nitrogens with zero attached hydrogens (tertiary/aromatic N) is 5. The average Bonchev–Trinajstić information content (AvgIpc) is 3.51. The van der Waals surface area contributed by atoms with Gasteiger partial charge in [-0.25, -0.2) is 13.8 Å². The van der Waals surface area contributed by atoms with Crippen molar-refractivity contribution in [3.8, 4) is 17.3 Å². The zero-order chi connectivity index (χ0) is 28.7. The fourth-order valence-corrected chi connectivity index (χ4v) is 8.37. The van der Waals surface area contributed by atoms with Crippen molar-refractivity contribution in [2.75, 3.05) is 43.4 Å². The van der Waals surface area contributed by atoms with Gasteiger partial charge < -0.3 is 20.7 Å². The maximum Gasteiger partial charge on any atom is 0.319 e. The monoisotopic (exact) mass is 595 g/mol. The van der Waals surface area contributed by atoms with E-state index in [0.717, 1.165) is 69.3 Å². The molecule has 4 atom stereocenters. The molecule has 1 aromatic carbocycles. The molecule has 5 fully saturated rings. The molecule has 0 amide bonds. The van der Waals surface area contributed by atoms with E-state index in [1.807, 2.05) is 13.0 Å². The Bertz CT molecular complexity index is 1570. The predicted octanol–water partition coefficient (Wildman–Crippen LogP) is 5.15. The molecular weight excluding hydrogens is 560 g/mol. The molecule has 42 heavy (non-hydrogen) atoms. The first-order chi connectivity index (χ1) is 20.3. The Labute approximate surface area is 249 Å². The van der Waals surface area contributed by atoms with Crippen LogP contribution in [0, 0.1) is 12.7 Å². The second kappa shape index (κ2) is 9.86. The number of nitrogen functional groups attached to an aromatic ring is 1. The van der Waals surface area contributed by atoms with Gasteiger partial charge in [-0.1, -0.05) is 11.6 Å². The van der Waals surface area contributed by atoms with Crippen molar-refractivity contribution in [2.45, 2.75) is 81.6 Å². The number of aromatic nitrogens is 3. The van der Waals surface area contributed by atoms with Crippen LogP contribution < -0.4 is 20.7 Å². The van der Waals surface area contributed by atoms with Crippen molar-refractivity contribution in [3.05, 3.63) is 34.1 Å². The van der Waals surface area contributed by atoms with E-state index >= 15 is 4.39 Å². The van der Waals surface area contributed by atoms with Gasteiger partial charge in [0, 0.05) is 43.5 Å². The van der Waals surface area contributed by atoms with Gasteiger partial charge in [-0.15, -0.1) is 0 Å². The van der Waals surface area contributed by atoms with Gasteiger partial charge in [-0.2, -0.15) is 9.97 Å². The Morgan fingerprint density at radius 1 is 1.12 bits per heavy atom. The third-order valence-electron chi connectivity index (χ3n) is 10.1. The molecule has 4 saturated heterocycles.